The van der Waals surface area contributed by atoms with Gasteiger partial charge in [-0.25, -0.2) is 4.98 Å². The fourth-order valence-electron chi connectivity index (χ4n) is 2.18. The van der Waals surface area contributed by atoms with Crippen molar-refractivity contribution in [2.75, 3.05) is 13.7 Å². The number of nitrogens with one attached hydrogen (secondary N) is 1. The Hall–Kier alpha value is -2.25. The maximum atomic E-state index is 5.46. The van der Waals surface area contributed by atoms with Gasteiger partial charge in [0.15, 0.2) is 5.82 Å². The Morgan fingerprint density at radius 3 is 2.75 bits per heavy atom. The van der Waals surface area contributed by atoms with Gasteiger partial charge in [-0.3, -0.25) is 0 Å². The minimum absolute atomic E-state index is 0.297. The molecular formula is C17H20N4O2S. The van der Waals surface area contributed by atoms with Gasteiger partial charge in [-0.15, -0.1) is 11.3 Å². The molecule has 3 rings (SSSR count). The molecule has 0 bridgehead atoms. The molecule has 126 valence electrons. The van der Waals surface area contributed by atoms with Gasteiger partial charge in [0, 0.05) is 23.4 Å². The third-order valence-corrected chi connectivity index (χ3v) is 4.48. The molecule has 0 aliphatic carbocycles. The Kier molecular flexibility index (Phi) is 5.22. The predicted molar refractivity (Wildman–Crippen MR) is 94.2 cm³/mol. The van der Waals surface area contributed by atoms with Gasteiger partial charge in [0.1, 0.15) is 16.5 Å². The van der Waals surface area contributed by atoms with Gasteiger partial charge in [0.05, 0.1) is 6.61 Å². The predicted octanol–water partition coefficient (Wildman–Crippen LogP) is 3.41. The first-order chi connectivity index (χ1) is 11.7. The molecule has 2 aromatic heterocycles. The van der Waals surface area contributed by atoms with Gasteiger partial charge in [0.2, 0.25) is 0 Å². The van der Waals surface area contributed by atoms with E-state index in [1.165, 1.54) is 0 Å². The first-order valence-corrected chi connectivity index (χ1v) is 8.76. The van der Waals surface area contributed by atoms with Crippen molar-refractivity contribution in [3.8, 4) is 27.9 Å². The van der Waals surface area contributed by atoms with Crippen LogP contribution in [-0.4, -0.2) is 34.8 Å². The number of ether oxygens (including phenoxy) is 1. The van der Waals surface area contributed by atoms with Crippen molar-refractivity contribution in [2.24, 2.45) is 0 Å². The van der Waals surface area contributed by atoms with Gasteiger partial charge >= 0.3 is 0 Å². The highest BCUT2D eigenvalue weighted by atomic mass is 32.1. The number of benzene rings is 1. The highest BCUT2D eigenvalue weighted by molar-refractivity contribution is 7.13. The number of likely N-dealkylation sites (N-methyl/N-ethyl adjacent to an activating group) is 1. The van der Waals surface area contributed by atoms with Crippen LogP contribution >= 0.6 is 11.3 Å². The highest BCUT2D eigenvalue weighted by Crippen LogP contribution is 2.29. The average molecular weight is 344 g/mol. The van der Waals surface area contributed by atoms with Crippen molar-refractivity contribution in [3.05, 3.63) is 35.5 Å². The standard InChI is InChI=1S/C17H20N4O2S/c1-4-22-13-7-5-12(6-8-13)17-19-14(10-24-17)16-20-15(21-23-16)9-11(2)18-3/h5-8,10-11,18H,4,9H2,1-3H3. The lowest BCUT2D eigenvalue weighted by molar-refractivity contribution is 0.340. The van der Waals surface area contributed by atoms with Crippen LogP contribution in [0.3, 0.4) is 0 Å². The second-order valence-corrected chi connectivity index (χ2v) is 6.26. The van der Waals surface area contributed by atoms with E-state index in [2.05, 4.69) is 27.4 Å². The SMILES string of the molecule is CCOc1ccc(-c2nc(-c3nc(CC(C)NC)no3)cs2)cc1. The number of aromatic nitrogens is 3. The van der Waals surface area contributed by atoms with Gasteiger partial charge in [-0.2, -0.15) is 4.98 Å². The number of rotatable bonds is 7. The van der Waals surface area contributed by atoms with Crippen molar-refractivity contribution < 1.29 is 9.26 Å². The molecule has 0 saturated carbocycles. The zero-order valence-corrected chi connectivity index (χ0v) is 14.8. The van der Waals surface area contributed by atoms with Crippen LogP contribution in [0, 0.1) is 0 Å². The third kappa shape index (κ3) is 3.80. The summed E-state index contributed by atoms with van der Waals surface area (Å²) in [6.45, 7) is 4.70. The quantitative estimate of drug-likeness (QED) is 0.708. The lowest BCUT2D eigenvalue weighted by atomic mass is 10.2. The Labute approximate surface area is 144 Å². The molecule has 1 atom stereocenters. The van der Waals surface area contributed by atoms with Crippen LogP contribution in [0.2, 0.25) is 0 Å². The van der Waals surface area contributed by atoms with Crippen LogP contribution in [0.1, 0.15) is 19.7 Å². The molecule has 1 N–H and O–H groups in total. The molecule has 24 heavy (non-hydrogen) atoms. The molecule has 2 heterocycles. The molecule has 3 aromatic rings. The summed E-state index contributed by atoms with van der Waals surface area (Å²) in [5, 5.41) is 10.0. The summed E-state index contributed by atoms with van der Waals surface area (Å²) in [5.74, 6) is 2.00. The lowest BCUT2D eigenvalue weighted by Gasteiger charge is -2.04. The molecule has 0 amide bonds. The molecule has 0 fully saturated rings. The number of hydrogen-bond donors (Lipinski definition) is 1. The maximum absolute atomic E-state index is 5.46. The van der Waals surface area contributed by atoms with Crippen LogP contribution in [0.4, 0.5) is 0 Å². The maximum Gasteiger partial charge on any atom is 0.277 e. The Morgan fingerprint density at radius 2 is 2.04 bits per heavy atom. The molecule has 0 saturated heterocycles. The van der Waals surface area contributed by atoms with Gasteiger partial charge < -0.3 is 14.6 Å². The van der Waals surface area contributed by atoms with Gasteiger partial charge in [0.25, 0.3) is 5.89 Å². The van der Waals surface area contributed by atoms with Crippen molar-refractivity contribution in [3.63, 3.8) is 0 Å². The van der Waals surface area contributed by atoms with E-state index >= 15 is 0 Å². The number of thiazole rings is 1. The second kappa shape index (κ2) is 7.55. The van der Waals surface area contributed by atoms with E-state index in [0.29, 0.717) is 30.1 Å². The summed E-state index contributed by atoms with van der Waals surface area (Å²) in [4.78, 5) is 9.03. The van der Waals surface area contributed by atoms with Crippen LogP contribution in [0.5, 0.6) is 5.75 Å². The number of nitrogens with zero attached hydrogens (tertiary/aromatic N) is 3. The van der Waals surface area contributed by atoms with Crippen LogP contribution in [0.15, 0.2) is 34.2 Å². The fraction of sp³-hybridized carbons (Fsp3) is 0.353. The van der Waals surface area contributed by atoms with E-state index in [1.807, 2.05) is 43.6 Å². The molecule has 7 heteroatoms. The molecule has 0 radical (unpaired) electrons. The summed E-state index contributed by atoms with van der Waals surface area (Å²) in [5.41, 5.74) is 1.75. The monoisotopic (exact) mass is 344 g/mol. The van der Waals surface area contributed by atoms with Crippen molar-refractivity contribution in [2.45, 2.75) is 26.3 Å². The van der Waals surface area contributed by atoms with Crippen molar-refractivity contribution >= 4 is 11.3 Å². The summed E-state index contributed by atoms with van der Waals surface area (Å²) in [6, 6.07) is 8.20. The molecule has 0 aliphatic heterocycles. The summed E-state index contributed by atoms with van der Waals surface area (Å²) in [7, 11) is 1.91. The average Bonchev–Trinajstić information content (AvgIpc) is 3.25. The Morgan fingerprint density at radius 1 is 1.25 bits per heavy atom. The largest absolute Gasteiger partial charge is 0.494 e. The fourth-order valence-corrected chi connectivity index (χ4v) is 2.98. The zero-order chi connectivity index (χ0) is 16.9. The second-order valence-electron chi connectivity index (χ2n) is 5.40. The number of hydrogen-bond acceptors (Lipinski definition) is 7. The van der Waals surface area contributed by atoms with E-state index in [-0.39, 0.29) is 0 Å². The van der Waals surface area contributed by atoms with Crippen LogP contribution in [0.25, 0.3) is 22.2 Å². The van der Waals surface area contributed by atoms with Crippen molar-refractivity contribution in [1.29, 1.82) is 0 Å². The first-order valence-electron chi connectivity index (χ1n) is 7.88. The lowest BCUT2D eigenvalue weighted by Crippen LogP contribution is -2.24. The molecule has 1 unspecified atom stereocenters. The van der Waals surface area contributed by atoms with E-state index in [4.69, 9.17) is 9.26 Å². The van der Waals surface area contributed by atoms with Crippen LogP contribution < -0.4 is 10.1 Å². The molecular weight excluding hydrogens is 324 g/mol. The topological polar surface area (TPSA) is 73.1 Å². The minimum atomic E-state index is 0.297. The van der Waals surface area contributed by atoms with Gasteiger partial charge in [-0.1, -0.05) is 5.16 Å². The Balaban J connectivity index is 1.75. The van der Waals surface area contributed by atoms with Crippen LogP contribution in [-0.2, 0) is 6.42 Å². The van der Waals surface area contributed by atoms with E-state index in [9.17, 15) is 0 Å². The van der Waals surface area contributed by atoms with E-state index < -0.39 is 0 Å². The first kappa shape index (κ1) is 16.6. The molecule has 0 spiro atoms. The summed E-state index contributed by atoms with van der Waals surface area (Å²) >= 11 is 1.55. The van der Waals surface area contributed by atoms with Crippen molar-refractivity contribution in [1.82, 2.24) is 20.4 Å². The zero-order valence-electron chi connectivity index (χ0n) is 13.9. The molecule has 1 aromatic carbocycles. The highest BCUT2D eigenvalue weighted by Gasteiger charge is 2.14. The van der Waals surface area contributed by atoms with Gasteiger partial charge in [-0.05, 0) is 45.2 Å². The minimum Gasteiger partial charge on any atom is -0.494 e. The summed E-state index contributed by atoms with van der Waals surface area (Å²) < 4.78 is 10.8. The summed E-state index contributed by atoms with van der Waals surface area (Å²) in [6.07, 6.45) is 0.718. The Bertz CT molecular complexity index is 782. The molecule has 6 nitrogen and oxygen atoms in total. The van der Waals surface area contributed by atoms with E-state index in [0.717, 1.165) is 22.7 Å². The third-order valence-electron chi connectivity index (χ3n) is 3.59. The normalized spacial score (nSPS) is 12.3. The molecule has 0 aliphatic rings. The smallest absolute Gasteiger partial charge is 0.277 e. The van der Waals surface area contributed by atoms with E-state index in [1.54, 1.807) is 11.3 Å².